The molecule has 1 aliphatic carbocycles. The molecule has 1 amide bonds. The normalized spacial score (nSPS) is 25.5. The highest BCUT2D eigenvalue weighted by Gasteiger charge is 2.34. The van der Waals surface area contributed by atoms with E-state index in [2.05, 4.69) is 17.6 Å². The second kappa shape index (κ2) is 7.57. The molecular weight excluding hydrogens is 264 g/mol. The SMILES string of the molecule is CC1CCCC(CO)(NCC(=O)NCc2ccccc2)C1. The smallest absolute Gasteiger partial charge is 0.234 e. The average molecular weight is 290 g/mol. The number of hydrogen-bond acceptors (Lipinski definition) is 3. The van der Waals surface area contributed by atoms with Crippen LogP contribution >= 0.6 is 0 Å². The Bertz CT molecular complexity index is 449. The van der Waals surface area contributed by atoms with Crippen LogP contribution in [-0.2, 0) is 11.3 Å². The van der Waals surface area contributed by atoms with E-state index in [1.165, 1.54) is 6.42 Å². The van der Waals surface area contributed by atoms with Gasteiger partial charge in [0, 0.05) is 12.1 Å². The Balaban J connectivity index is 1.77. The standard InChI is InChI=1S/C17H26N2O2/c1-14-6-5-9-17(10-14,13-20)19-12-16(21)18-11-15-7-3-2-4-8-15/h2-4,7-8,14,19-20H,5-6,9-13H2,1H3,(H,18,21). The minimum absolute atomic E-state index is 0.0232. The quantitative estimate of drug-likeness (QED) is 0.749. The molecule has 1 aromatic rings. The van der Waals surface area contributed by atoms with Crippen molar-refractivity contribution in [1.29, 1.82) is 0 Å². The summed E-state index contributed by atoms with van der Waals surface area (Å²) in [6.45, 7) is 3.12. The monoisotopic (exact) mass is 290 g/mol. The minimum atomic E-state index is -0.276. The van der Waals surface area contributed by atoms with Crippen molar-refractivity contribution in [3.05, 3.63) is 35.9 Å². The number of aliphatic hydroxyl groups excluding tert-OH is 1. The fourth-order valence-electron chi connectivity index (χ4n) is 3.15. The van der Waals surface area contributed by atoms with Gasteiger partial charge in [0.1, 0.15) is 0 Å². The Morgan fingerprint density at radius 2 is 2.14 bits per heavy atom. The number of carbonyl (C=O) groups is 1. The van der Waals surface area contributed by atoms with Crippen LogP contribution in [0.15, 0.2) is 30.3 Å². The van der Waals surface area contributed by atoms with E-state index in [-0.39, 0.29) is 24.6 Å². The van der Waals surface area contributed by atoms with Gasteiger partial charge in [0.2, 0.25) is 5.91 Å². The van der Waals surface area contributed by atoms with Crippen LogP contribution in [0.1, 0.15) is 38.2 Å². The van der Waals surface area contributed by atoms with E-state index in [9.17, 15) is 9.90 Å². The maximum Gasteiger partial charge on any atom is 0.234 e. The zero-order valence-corrected chi connectivity index (χ0v) is 12.8. The molecule has 1 fully saturated rings. The third-order valence-electron chi connectivity index (χ3n) is 4.35. The lowest BCUT2D eigenvalue weighted by Gasteiger charge is -2.39. The molecule has 1 aromatic carbocycles. The molecule has 0 radical (unpaired) electrons. The van der Waals surface area contributed by atoms with Crippen molar-refractivity contribution in [3.8, 4) is 0 Å². The first-order valence-corrected chi connectivity index (χ1v) is 7.80. The van der Waals surface area contributed by atoms with Gasteiger partial charge in [-0.1, -0.05) is 50.1 Å². The van der Waals surface area contributed by atoms with Crippen molar-refractivity contribution in [2.45, 2.75) is 44.7 Å². The Hall–Kier alpha value is -1.39. The first-order chi connectivity index (χ1) is 10.1. The fraction of sp³-hybridized carbons (Fsp3) is 0.588. The van der Waals surface area contributed by atoms with Gasteiger partial charge in [0.25, 0.3) is 0 Å². The summed E-state index contributed by atoms with van der Waals surface area (Å²) in [5.41, 5.74) is 0.816. The average Bonchev–Trinajstić information content (AvgIpc) is 2.52. The van der Waals surface area contributed by atoms with Gasteiger partial charge in [-0.3, -0.25) is 4.79 Å². The van der Waals surface area contributed by atoms with Crippen molar-refractivity contribution < 1.29 is 9.90 Å². The number of aliphatic hydroxyl groups is 1. The summed E-state index contributed by atoms with van der Waals surface area (Å²) in [6, 6.07) is 9.87. The maximum absolute atomic E-state index is 11.9. The Labute approximate surface area is 126 Å². The molecule has 3 N–H and O–H groups in total. The van der Waals surface area contributed by atoms with E-state index in [0.29, 0.717) is 12.5 Å². The van der Waals surface area contributed by atoms with Crippen LogP contribution < -0.4 is 10.6 Å². The lowest BCUT2D eigenvalue weighted by Crippen LogP contribution is -2.54. The summed E-state index contributed by atoms with van der Waals surface area (Å²) >= 11 is 0. The molecule has 116 valence electrons. The highest BCUT2D eigenvalue weighted by atomic mass is 16.3. The van der Waals surface area contributed by atoms with Gasteiger partial charge in [-0.15, -0.1) is 0 Å². The van der Waals surface area contributed by atoms with Crippen molar-refractivity contribution in [2.75, 3.05) is 13.2 Å². The van der Waals surface area contributed by atoms with E-state index < -0.39 is 0 Å². The lowest BCUT2D eigenvalue weighted by molar-refractivity contribution is -0.121. The van der Waals surface area contributed by atoms with Gasteiger partial charge < -0.3 is 15.7 Å². The highest BCUT2D eigenvalue weighted by molar-refractivity contribution is 5.78. The predicted molar refractivity (Wildman–Crippen MR) is 83.7 cm³/mol. The molecule has 0 spiro atoms. The molecule has 0 bridgehead atoms. The van der Waals surface area contributed by atoms with Crippen molar-refractivity contribution in [1.82, 2.24) is 10.6 Å². The van der Waals surface area contributed by atoms with Gasteiger partial charge >= 0.3 is 0 Å². The summed E-state index contributed by atoms with van der Waals surface area (Å²) in [4.78, 5) is 11.9. The second-order valence-corrected chi connectivity index (χ2v) is 6.26. The zero-order valence-electron chi connectivity index (χ0n) is 12.8. The Morgan fingerprint density at radius 3 is 2.81 bits per heavy atom. The number of benzene rings is 1. The highest BCUT2D eigenvalue weighted by Crippen LogP contribution is 2.31. The minimum Gasteiger partial charge on any atom is -0.394 e. The molecule has 0 aliphatic heterocycles. The molecule has 2 unspecified atom stereocenters. The third kappa shape index (κ3) is 4.83. The van der Waals surface area contributed by atoms with Crippen LogP contribution in [0, 0.1) is 5.92 Å². The zero-order chi connectivity index (χ0) is 15.1. The van der Waals surface area contributed by atoms with Crippen LogP contribution in [-0.4, -0.2) is 29.7 Å². The molecule has 1 aliphatic rings. The summed E-state index contributed by atoms with van der Waals surface area (Å²) in [5.74, 6) is 0.579. The molecular formula is C17H26N2O2. The Morgan fingerprint density at radius 1 is 1.38 bits per heavy atom. The summed E-state index contributed by atoms with van der Waals surface area (Å²) in [7, 11) is 0. The van der Waals surface area contributed by atoms with Crippen molar-refractivity contribution in [2.24, 2.45) is 5.92 Å². The molecule has 0 aromatic heterocycles. The topological polar surface area (TPSA) is 61.4 Å². The molecule has 4 nitrogen and oxygen atoms in total. The van der Waals surface area contributed by atoms with Crippen LogP contribution in [0.5, 0.6) is 0 Å². The number of nitrogens with one attached hydrogen (secondary N) is 2. The molecule has 2 atom stereocenters. The van der Waals surface area contributed by atoms with E-state index in [0.717, 1.165) is 24.8 Å². The van der Waals surface area contributed by atoms with E-state index in [1.54, 1.807) is 0 Å². The van der Waals surface area contributed by atoms with E-state index in [1.807, 2.05) is 30.3 Å². The van der Waals surface area contributed by atoms with Gasteiger partial charge in [-0.25, -0.2) is 0 Å². The van der Waals surface area contributed by atoms with Crippen LogP contribution in [0.3, 0.4) is 0 Å². The number of amides is 1. The fourth-order valence-corrected chi connectivity index (χ4v) is 3.15. The van der Waals surface area contributed by atoms with Crippen LogP contribution in [0.2, 0.25) is 0 Å². The maximum atomic E-state index is 11.9. The lowest BCUT2D eigenvalue weighted by atomic mass is 9.77. The second-order valence-electron chi connectivity index (χ2n) is 6.26. The molecule has 4 heteroatoms. The number of rotatable bonds is 6. The molecule has 2 rings (SSSR count). The Kier molecular flexibility index (Phi) is 5.76. The van der Waals surface area contributed by atoms with Crippen molar-refractivity contribution in [3.63, 3.8) is 0 Å². The molecule has 0 saturated heterocycles. The predicted octanol–water partition coefficient (Wildman–Crippen LogP) is 1.83. The third-order valence-corrected chi connectivity index (χ3v) is 4.35. The van der Waals surface area contributed by atoms with Crippen molar-refractivity contribution >= 4 is 5.91 Å². The summed E-state index contributed by atoms with van der Waals surface area (Å²) in [5, 5.41) is 15.9. The molecule has 0 heterocycles. The van der Waals surface area contributed by atoms with Crippen LogP contribution in [0.25, 0.3) is 0 Å². The van der Waals surface area contributed by atoms with Gasteiger partial charge in [0.15, 0.2) is 0 Å². The summed E-state index contributed by atoms with van der Waals surface area (Å²) in [6.07, 6.45) is 4.21. The van der Waals surface area contributed by atoms with Gasteiger partial charge in [-0.05, 0) is 24.3 Å². The summed E-state index contributed by atoms with van der Waals surface area (Å²) < 4.78 is 0. The van der Waals surface area contributed by atoms with Gasteiger partial charge in [-0.2, -0.15) is 0 Å². The largest absolute Gasteiger partial charge is 0.394 e. The van der Waals surface area contributed by atoms with E-state index >= 15 is 0 Å². The number of carbonyl (C=O) groups excluding carboxylic acids is 1. The van der Waals surface area contributed by atoms with Crippen LogP contribution in [0.4, 0.5) is 0 Å². The molecule has 21 heavy (non-hydrogen) atoms. The molecule has 1 saturated carbocycles. The first kappa shape index (κ1) is 16.0. The van der Waals surface area contributed by atoms with Gasteiger partial charge in [0.05, 0.1) is 13.2 Å². The number of hydrogen-bond donors (Lipinski definition) is 3. The first-order valence-electron chi connectivity index (χ1n) is 7.80. The van der Waals surface area contributed by atoms with E-state index in [4.69, 9.17) is 0 Å².